The molecule has 2 amide bonds. The predicted molar refractivity (Wildman–Crippen MR) is 127 cm³/mol. The number of ether oxygens (including phenoxy) is 1. The second kappa shape index (κ2) is 9.70. The minimum atomic E-state index is -0.343. The van der Waals surface area contributed by atoms with E-state index in [4.69, 9.17) is 21.3 Å². The van der Waals surface area contributed by atoms with Crippen LogP contribution < -0.4 is 15.4 Å². The molecular formula is C24H24ClN5O2. The highest BCUT2D eigenvalue weighted by Gasteiger charge is 2.13. The number of nitrogens with one attached hydrogen (secondary N) is 2. The number of imidazole rings is 1. The molecule has 32 heavy (non-hydrogen) atoms. The number of carbonyl (C=O) groups is 1. The number of fused-ring (bicyclic) bond motifs is 1. The third-order valence-electron chi connectivity index (χ3n) is 5.09. The quantitative estimate of drug-likeness (QED) is 0.424. The number of urea groups is 1. The lowest BCUT2D eigenvalue weighted by atomic mass is 10.1. The van der Waals surface area contributed by atoms with Crippen LogP contribution in [0.4, 0.5) is 10.5 Å². The van der Waals surface area contributed by atoms with Crippen LogP contribution in [0.25, 0.3) is 11.2 Å². The first-order valence-corrected chi connectivity index (χ1v) is 10.7. The van der Waals surface area contributed by atoms with E-state index in [0.717, 1.165) is 17.0 Å². The van der Waals surface area contributed by atoms with E-state index in [1.54, 1.807) is 31.5 Å². The van der Waals surface area contributed by atoms with Crippen molar-refractivity contribution in [2.24, 2.45) is 0 Å². The maximum atomic E-state index is 12.4. The summed E-state index contributed by atoms with van der Waals surface area (Å²) in [6.07, 6.45) is 2.33. The highest BCUT2D eigenvalue weighted by Crippen LogP contribution is 2.27. The third kappa shape index (κ3) is 5.00. The summed E-state index contributed by atoms with van der Waals surface area (Å²) in [5, 5.41) is 6.16. The van der Waals surface area contributed by atoms with Crippen LogP contribution in [0.5, 0.6) is 5.75 Å². The summed E-state index contributed by atoms with van der Waals surface area (Å²) < 4.78 is 7.36. The van der Waals surface area contributed by atoms with Gasteiger partial charge in [-0.1, -0.05) is 41.4 Å². The standard InChI is InChI=1S/C24H24ClN5O2/c1-16-5-7-17(8-6-16)15-30-22(28-19-4-3-12-26-23(19)30)11-13-27-24(31)29-20-14-18(25)9-10-21(20)32-2/h3-10,12,14H,11,13,15H2,1-2H3,(H2,27,29,31). The summed E-state index contributed by atoms with van der Waals surface area (Å²) in [6, 6.07) is 16.9. The van der Waals surface area contributed by atoms with Crippen LogP contribution in [0.3, 0.4) is 0 Å². The van der Waals surface area contributed by atoms with Crippen LogP contribution in [-0.4, -0.2) is 34.2 Å². The molecule has 0 saturated heterocycles. The number of amides is 2. The van der Waals surface area contributed by atoms with Gasteiger partial charge in [0.05, 0.1) is 19.3 Å². The molecule has 164 valence electrons. The van der Waals surface area contributed by atoms with Crippen molar-refractivity contribution in [2.75, 3.05) is 19.0 Å². The Balaban J connectivity index is 1.45. The maximum Gasteiger partial charge on any atom is 0.319 e. The molecule has 0 saturated carbocycles. The number of hydrogen-bond acceptors (Lipinski definition) is 4. The van der Waals surface area contributed by atoms with Gasteiger partial charge in [0.1, 0.15) is 17.1 Å². The third-order valence-corrected chi connectivity index (χ3v) is 5.32. The Kier molecular flexibility index (Phi) is 6.56. The van der Waals surface area contributed by atoms with Crippen LogP contribution in [0.15, 0.2) is 60.8 Å². The molecule has 2 aromatic carbocycles. The summed E-state index contributed by atoms with van der Waals surface area (Å²) in [4.78, 5) is 21.7. The van der Waals surface area contributed by atoms with Crippen molar-refractivity contribution < 1.29 is 9.53 Å². The molecule has 2 aromatic heterocycles. The van der Waals surface area contributed by atoms with Crippen LogP contribution in [0.1, 0.15) is 17.0 Å². The molecule has 2 heterocycles. The smallest absolute Gasteiger partial charge is 0.319 e. The number of anilines is 1. The monoisotopic (exact) mass is 449 g/mol. The Morgan fingerprint density at radius 2 is 1.97 bits per heavy atom. The Labute approximate surface area is 191 Å². The Bertz CT molecular complexity index is 1240. The fourth-order valence-corrected chi connectivity index (χ4v) is 3.64. The van der Waals surface area contributed by atoms with E-state index in [0.29, 0.717) is 36.0 Å². The topological polar surface area (TPSA) is 81.1 Å². The number of benzene rings is 2. The minimum Gasteiger partial charge on any atom is -0.495 e. The van der Waals surface area contributed by atoms with Crippen molar-refractivity contribution in [1.82, 2.24) is 19.9 Å². The maximum absolute atomic E-state index is 12.4. The Morgan fingerprint density at radius 3 is 2.75 bits per heavy atom. The van der Waals surface area contributed by atoms with Crippen molar-refractivity contribution in [1.29, 1.82) is 0 Å². The molecule has 0 fully saturated rings. The second-order valence-electron chi connectivity index (χ2n) is 7.42. The summed E-state index contributed by atoms with van der Waals surface area (Å²) in [6.45, 7) is 3.14. The number of carbonyl (C=O) groups excluding carboxylic acids is 1. The molecule has 4 rings (SSSR count). The van der Waals surface area contributed by atoms with Crippen LogP contribution in [0.2, 0.25) is 5.02 Å². The Morgan fingerprint density at radius 1 is 1.16 bits per heavy atom. The number of hydrogen-bond donors (Lipinski definition) is 2. The van der Waals surface area contributed by atoms with Crippen LogP contribution in [-0.2, 0) is 13.0 Å². The van der Waals surface area contributed by atoms with Gasteiger partial charge in [-0.05, 0) is 42.8 Å². The second-order valence-corrected chi connectivity index (χ2v) is 7.86. The van der Waals surface area contributed by atoms with E-state index < -0.39 is 0 Å². The number of rotatable bonds is 7. The van der Waals surface area contributed by atoms with Gasteiger partial charge in [-0.2, -0.15) is 0 Å². The van der Waals surface area contributed by atoms with E-state index in [9.17, 15) is 4.79 Å². The normalized spacial score (nSPS) is 10.8. The number of nitrogens with zero attached hydrogens (tertiary/aromatic N) is 3. The number of methoxy groups -OCH3 is 1. The number of aryl methyl sites for hydroxylation is 1. The molecule has 2 N–H and O–H groups in total. The summed E-state index contributed by atoms with van der Waals surface area (Å²) >= 11 is 6.03. The van der Waals surface area contributed by atoms with Crippen molar-refractivity contribution >= 4 is 34.5 Å². The van der Waals surface area contributed by atoms with Crippen LogP contribution >= 0.6 is 11.6 Å². The van der Waals surface area contributed by atoms with Gasteiger partial charge in [0, 0.05) is 24.2 Å². The first-order chi connectivity index (χ1) is 15.5. The molecule has 0 unspecified atom stereocenters. The number of halogens is 1. The SMILES string of the molecule is COc1ccc(Cl)cc1NC(=O)NCCc1nc2cccnc2n1Cc1ccc(C)cc1. The van der Waals surface area contributed by atoms with Gasteiger partial charge in [0.15, 0.2) is 5.65 Å². The predicted octanol–water partition coefficient (Wildman–Crippen LogP) is 4.81. The van der Waals surface area contributed by atoms with Crippen molar-refractivity contribution in [3.05, 3.63) is 82.8 Å². The van der Waals surface area contributed by atoms with Crippen molar-refractivity contribution in [3.63, 3.8) is 0 Å². The van der Waals surface area contributed by atoms with E-state index in [-0.39, 0.29) is 6.03 Å². The molecule has 0 atom stereocenters. The first-order valence-electron chi connectivity index (χ1n) is 10.3. The highest BCUT2D eigenvalue weighted by molar-refractivity contribution is 6.31. The van der Waals surface area contributed by atoms with Gasteiger partial charge >= 0.3 is 6.03 Å². The molecule has 7 nitrogen and oxygen atoms in total. The van der Waals surface area contributed by atoms with Gasteiger partial charge in [-0.15, -0.1) is 0 Å². The van der Waals surface area contributed by atoms with Crippen molar-refractivity contribution in [3.8, 4) is 5.75 Å². The molecule has 0 aliphatic heterocycles. The summed E-state index contributed by atoms with van der Waals surface area (Å²) in [5.74, 6) is 1.40. The van der Waals surface area contributed by atoms with Gasteiger partial charge in [-0.3, -0.25) is 0 Å². The number of aromatic nitrogens is 3. The Hall–Kier alpha value is -3.58. The lowest BCUT2D eigenvalue weighted by molar-refractivity contribution is 0.252. The zero-order valence-electron chi connectivity index (χ0n) is 17.9. The van der Waals surface area contributed by atoms with E-state index in [2.05, 4.69) is 51.4 Å². The van der Waals surface area contributed by atoms with Gasteiger partial charge in [-0.25, -0.2) is 14.8 Å². The highest BCUT2D eigenvalue weighted by atomic mass is 35.5. The molecule has 8 heteroatoms. The lowest BCUT2D eigenvalue weighted by Gasteiger charge is -2.12. The zero-order chi connectivity index (χ0) is 22.5. The first kappa shape index (κ1) is 21.6. The summed E-state index contributed by atoms with van der Waals surface area (Å²) in [5.41, 5.74) is 4.56. The number of pyridine rings is 1. The minimum absolute atomic E-state index is 0.343. The van der Waals surface area contributed by atoms with Gasteiger partial charge < -0.3 is 19.9 Å². The fourth-order valence-electron chi connectivity index (χ4n) is 3.47. The molecule has 0 aliphatic carbocycles. The van der Waals surface area contributed by atoms with Gasteiger partial charge in [0.25, 0.3) is 0 Å². The van der Waals surface area contributed by atoms with Crippen molar-refractivity contribution in [2.45, 2.75) is 19.9 Å². The van der Waals surface area contributed by atoms with E-state index >= 15 is 0 Å². The molecule has 0 spiro atoms. The lowest BCUT2D eigenvalue weighted by Crippen LogP contribution is -2.31. The summed E-state index contributed by atoms with van der Waals surface area (Å²) in [7, 11) is 1.54. The molecule has 4 aromatic rings. The molecular weight excluding hydrogens is 426 g/mol. The van der Waals surface area contributed by atoms with E-state index in [1.165, 1.54) is 11.1 Å². The molecule has 0 aliphatic rings. The fraction of sp³-hybridized carbons (Fsp3) is 0.208. The molecule has 0 bridgehead atoms. The average Bonchev–Trinajstić information content (AvgIpc) is 3.13. The van der Waals surface area contributed by atoms with Crippen LogP contribution in [0, 0.1) is 6.92 Å². The largest absolute Gasteiger partial charge is 0.495 e. The van der Waals surface area contributed by atoms with Gasteiger partial charge in [0.2, 0.25) is 0 Å². The molecule has 0 radical (unpaired) electrons. The zero-order valence-corrected chi connectivity index (χ0v) is 18.7. The average molecular weight is 450 g/mol. The van der Waals surface area contributed by atoms with E-state index in [1.807, 2.05) is 12.1 Å².